The normalized spacial score (nSPS) is 38.0. The van der Waals surface area contributed by atoms with Gasteiger partial charge in [0.15, 0.2) is 5.78 Å². The Morgan fingerprint density at radius 1 is 0.859 bits per heavy atom. The topological polar surface area (TPSA) is 225 Å². The molecule has 2 bridgehead atoms. The Labute approximate surface area is 422 Å². The monoisotopic (exact) mass is 1000 g/mol. The van der Waals surface area contributed by atoms with Gasteiger partial charge in [-0.15, -0.1) is 0 Å². The van der Waals surface area contributed by atoms with Crippen molar-refractivity contribution < 1.29 is 72.8 Å². The Hall–Kier alpha value is -3.45. The second kappa shape index (κ2) is 29.4. The summed E-state index contributed by atoms with van der Waals surface area (Å²) >= 11 is 0. The Kier molecular flexibility index (Phi) is 24.9. The Morgan fingerprint density at radius 3 is 2.31 bits per heavy atom. The first-order valence-corrected chi connectivity index (χ1v) is 26.2. The number of ether oxygens (including phenoxy) is 6. The van der Waals surface area contributed by atoms with Gasteiger partial charge in [-0.05, 0) is 113 Å². The number of allylic oxidation sites excluding steroid dienone is 6. The number of nitrogens with zero attached hydrogens (tertiary/aromatic N) is 1. The van der Waals surface area contributed by atoms with Crippen LogP contribution in [0.5, 0.6) is 0 Å². The van der Waals surface area contributed by atoms with Crippen molar-refractivity contribution in [2.24, 2.45) is 35.5 Å². The number of ketones is 3. The molecule has 1 amide bonds. The number of rotatable bonds is 12. The third-order valence-corrected chi connectivity index (χ3v) is 15.2. The molecule has 2 saturated heterocycles. The van der Waals surface area contributed by atoms with E-state index in [4.69, 9.17) is 33.5 Å². The molecule has 4 N–H and O–H groups in total. The molecule has 402 valence electrons. The molecule has 1 aliphatic carbocycles. The molecule has 4 rings (SSSR count). The fraction of sp³-hybridized carbons (Fsp3) is 0.764. The summed E-state index contributed by atoms with van der Waals surface area (Å²) in [5.74, 6) is -8.23. The first kappa shape index (κ1) is 60.1. The second-order valence-corrected chi connectivity index (χ2v) is 20.9. The summed E-state index contributed by atoms with van der Waals surface area (Å²) in [6.45, 7) is 13.5. The highest BCUT2D eigenvalue weighted by Crippen LogP contribution is 2.38. The van der Waals surface area contributed by atoms with Crippen LogP contribution in [0.2, 0.25) is 0 Å². The fourth-order valence-electron chi connectivity index (χ4n) is 10.6. The SMILES string of the molecule is CO[C@@H]1C[C@H](C[C@@H](C)[C@@H]2CC(=O)[C@H](C)/C=C(\C)[C@@H](O)[C@@H](OC)C(=O)[C@H](C)C[C@H](C)/C=C/C=C/C=C(\C)[C@@H](OCCCOCCO)C[C@@H]3CC[C@@H](C)[C@@](O)(O3)C(=O)C(=O)N3CCCC[C@H]3C(=O)O2)CC[C@H]1O. The number of hydrogen-bond acceptors (Lipinski definition) is 15. The van der Waals surface area contributed by atoms with Crippen LogP contribution in [0.15, 0.2) is 47.6 Å². The van der Waals surface area contributed by atoms with E-state index >= 15 is 0 Å². The minimum Gasteiger partial charge on any atom is -0.460 e. The number of cyclic esters (lactones) is 1. The van der Waals surface area contributed by atoms with Crippen LogP contribution >= 0.6 is 0 Å². The van der Waals surface area contributed by atoms with Crippen LogP contribution in [0.1, 0.15) is 132 Å². The van der Waals surface area contributed by atoms with Gasteiger partial charge in [0.1, 0.15) is 30.1 Å². The number of carbonyl (C=O) groups is 5. The minimum absolute atomic E-state index is 0.0109. The van der Waals surface area contributed by atoms with E-state index in [0.717, 1.165) is 5.57 Å². The molecule has 3 fully saturated rings. The van der Waals surface area contributed by atoms with Gasteiger partial charge < -0.3 is 53.7 Å². The Bertz CT molecular complexity index is 1860. The van der Waals surface area contributed by atoms with Gasteiger partial charge in [0.25, 0.3) is 11.7 Å². The number of amides is 1. The number of methoxy groups -OCH3 is 2. The summed E-state index contributed by atoms with van der Waals surface area (Å²) < 4.78 is 35.5. The lowest BCUT2D eigenvalue weighted by Crippen LogP contribution is -2.61. The van der Waals surface area contributed by atoms with E-state index in [1.807, 2.05) is 58.1 Å². The Morgan fingerprint density at radius 2 is 1.61 bits per heavy atom. The van der Waals surface area contributed by atoms with Crippen LogP contribution in [-0.4, -0.2) is 156 Å². The summed E-state index contributed by atoms with van der Waals surface area (Å²) in [6.07, 6.45) is 11.2. The smallest absolute Gasteiger partial charge is 0.329 e. The highest BCUT2D eigenvalue weighted by atomic mass is 16.6. The molecule has 0 radical (unpaired) electrons. The lowest BCUT2D eigenvalue weighted by atomic mass is 9.78. The third kappa shape index (κ3) is 17.3. The maximum atomic E-state index is 14.5. The highest BCUT2D eigenvalue weighted by Gasteiger charge is 2.53. The first-order chi connectivity index (χ1) is 33.7. The van der Waals surface area contributed by atoms with Crippen LogP contribution in [0.3, 0.4) is 0 Å². The maximum Gasteiger partial charge on any atom is 0.329 e. The zero-order valence-electron chi connectivity index (χ0n) is 44.0. The van der Waals surface area contributed by atoms with Crippen molar-refractivity contribution in [3.05, 3.63) is 47.6 Å². The molecule has 16 heteroatoms. The van der Waals surface area contributed by atoms with Gasteiger partial charge in [-0.1, -0.05) is 71.1 Å². The molecule has 3 heterocycles. The van der Waals surface area contributed by atoms with E-state index < -0.39 is 83.9 Å². The average Bonchev–Trinajstić information content (AvgIpc) is 3.34. The quantitative estimate of drug-likeness (QED) is 0.0768. The average molecular weight is 1000 g/mol. The predicted molar refractivity (Wildman–Crippen MR) is 267 cm³/mol. The number of carbonyl (C=O) groups excluding carboxylic acids is 5. The number of aliphatic hydroxyl groups excluding tert-OH is 3. The molecule has 71 heavy (non-hydrogen) atoms. The van der Waals surface area contributed by atoms with Gasteiger partial charge in [-0.25, -0.2) is 4.79 Å². The van der Waals surface area contributed by atoms with Crippen molar-refractivity contribution in [3.63, 3.8) is 0 Å². The molecule has 4 aliphatic rings. The number of fused-ring (bicyclic) bond motifs is 3. The van der Waals surface area contributed by atoms with Gasteiger partial charge in [-0.3, -0.25) is 19.2 Å². The van der Waals surface area contributed by atoms with Crippen molar-refractivity contribution in [1.29, 1.82) is 0 Å². The van der Waals surface area contributed by atoms with Crippen LogP contribution in [0.4, 0.5) is 0 Å². The third-order valence-electron chi connectivity index (χ3n) is 15.2. The molecule has 15 atom stereocenters. The molecule has 1 saturated carbocycles. The second-order valence-electron chi connectivity index (χ2n) is 20.9. The van der Waals surface area contributed by atoms with Crippen molar-refractivity contribution in [2.45, 2.75) is 186 Å². The molecule has 16 nitrogen and oxygen atoms in total. The van der Waals surface area contributed by atoms with Gasteiger partial charge in [0.2, 0.25) is 5.79 Å². The zero-order chi connectivity index (χ0) is 52.4. The zero-order valence-corrected chi connectivity index (χ0v) is 44.0. The van der Waals surface area contributed by atoms with Gasteiger partial charge in [-0.2, -0.15) is 0 Å². The molecule has 0 aromatic heterocycles. The summed E-state index contributed by atoms with van der Waals surface area (Å²) in [5.41, 5.74) is 1.22. The molecule has 0 spiro atoms. The lowest BCUT2D eigenvalue weighted by molar-refractivity contribution is -0.266. The van der Waals surface area contributed by atoms with E-state index in [9.17, 15) is 39.3 Å². The number of Topliss-reactive ketones (excluding diaryl/α,β-unsaturated/α-hetero) is 3. The van der Waals surface area contributed by atoms with Crippen molar-refractivity contribution in [1.82, 2.24) is 4.90 Å². The van der Waals surface area contributed by atoms with E-state index in [1.165, 1.54) is 12.0 Å². The molecule has 0 aromatic rings. The van der Waals surface area contributed by atoms with E-state index in [-0.39, 0.29) is 74.4 Å². The van der Waals surface area contributed by atoms with Gasteiger partial charge >= 0.3 is 5.97 Å². The number of piperidine rings is 1. The molecular weight excluding hydrogens is 915 g/mol. The number of hydrogen-bond donors (Lipinski definition) is 4. The number of esters is 1. The van der Waals surface area contributed by atoms with Gasteiger partial charge in [0.05, 0.1) is 37.6 Å². The summed E-state index contributed by atoms with van der Waals surface area (Å²) in [5, 5.41) is 43.2. The predicted octanol–water partition coefficient (Wildman–Crippen LogP) is 5.95. The number of aliphatic hydroxyl groups is 4. The van der Waals surface area contributed by atoms with E-state index in [2.05, 4.69) is 0 Å². The van der Waals surface area contributed by atoms with Crippen molar-refractivity contribution in [3.8, 4) is 0 Å². The van der Waals surface area contributed by atoms with Crippen LogP contribution in [0.25, 0.3) is 0 Å². The molecule has 3 aliphatic heterocycles. The molecule has 0 unspecified atom stereocenters. The maximum absolute atomic E-state index is 14.5. The van der Waals surface area contributed by atoms with Crippen LogP contribution in [-0.2, 0) is 52.4 Å². The van der Waals surface area contributed by atoms with E-state index in [0.29, 0.717) is 83.0 Å². The van der Waals surface area contributed by atoms with Crippen LogP contribution in [0, 0.1) is 35.5 Å². The van der Waals surface area contributed by atoms with Crippen molar-refractivity contribution >= 4 is 29.2 Å². The standard InChI is InChI=1S/C55H87NO15/c1-34-16-11-10-12-17-35(2)46(69-26-15-25-68-27-24-57)32-42-21-19-40(7)55(65,71-42)52(62)53(63)56-23-14-13-18-43(56)54(64)70-47(37(4)30-41-20-22-44(58)48(31-41)66-8)33-45(59)36(3)29-39(6)50(61)51(67-9)49(60)38(5)28-34/h10-12,16-17,29,34,36-38,40-44,46-48,50-51,57-58,61,65H,13-15,18-28,30-33H2,1-9H3/b12-10+,16-11+,35-17+,39-29+/t34-,36-,37-,38-,40-,41+,42+,43+,44-,46+,47+,48-,50-,51+,55-/m1/s1. The molecular formula is C55H87NO15. The first-order valence-electron chi connectivity index (χ1n) is 26.2. The fourth-order valence-corrected chi connectivity index (χ4v) is 10.6. The van der Waals surface area contributed by atoms with Crippen molar-refractivity contribution in [2.75, 3.05) is 47.2 Å². The largest absolute Gasteiger partial charge is 0.460 e. The minimum atomic E-state index is -2.48. The summed E-state index contributed by atoms with van der Waals surface area (Å²) in [7, 11) is 2.94. The summed E-state index contributed by atoms with van der Waals surface area (Å²) in [4.78, 5) is 72.4. The van der Waals surface area contributed by atoms with E-state index in [1.54, 1.807) is 34.0 Å². The Balaban J connectivity index is 1.71. The van der Waals surface area contributed by atoms with Gasteiger partial charge in [0, 0.05) is 64.6 Å². The lowest BCUT2D eigenvalue weighted by Gasteiger charge is -2.43. The molecule has 0 aromatic carbocycles. The summed E-state index contributed by atoms with van der Waals surface area (Å²) in [6, 6.07) is -1.17. The van der Waals surface area contributed by atoms with Crippen LogP contribution < -0.4 is 0 Å². The highest BCUT2D eigenvalue weighted by molar-refractivity contribution is 6.39.